The Morgan fingerprint density at radius 2 is 2.11 bits per heavy atom. The van der Waals surface area contributed by atoms with E-state index in [1.54, 1.807) is 24.3 Å². The first kappa shape index (κ1) is 12.1. The fourth-order valence-electron chi connectivity index (χ4n) is 1.51. The maximum Gasteiger partial charge on any atom is 0.251 e. The summed E-state index contributed by atoms with van der Waals surface area (Å²) in [4.78, 5) is 11.4. The predicted octanol–water partition coefficient (Wildman–Crippen LogP) is 1.40. The highest BCUT2D eigenvalue weighted by atomic mass is 35.5. The van der Waals surface area contributed by atoms with E-state index in [-0.39, 0.29) is 18.6 Å². The largest absolute Gasteiger partial charge is 0.419 e. The number of nitrogens with one attached hydrogen (secondary N) is 1. The van der Waals surface area contributed by atoms with Crippen LogP contribution in [0.5, 0.6) is 0 Å². The minimum atomic E-state index is -0.321. The van der Waals surface area contributed by atoms with Gasteiger partial charge in [0.25, 0.3) is 5.91 Å². The fraction of sp³-hybridized carbons (Fsp3) is 0.250. The van der Waals surface area contributed by atoms with Crippen molar-refractivity contribution < 1.29 is 13.9 Å². The van der Waals surface area contributed by atoms with E-state index in [2.05, 4.69) is 15.5 Å². The van der Waals surface area contributed by atoms with Crippen LogP contribution in [0.3, 0.4) is 0 Å². The molecule has 0 saturated carbocycles. The maximum atomic E-state index is 11.4. The number of hydrogen-bond donors (Lipinski definition) is 1. The third-order valence-electron chi connectivity index (χ3n) is 2.60. The van der Waals surface area contributed by atoms with Crippen molar-refractivity contribution in [1.29, 1.82) is 0 Å². The molecule has 1 fully saturated rings. The Morgan fingerprint density at radius 3 is 2.79 bits per heavy atom. The van der Waals surface area contributed by atoms with E-state index in [1.165, 1.54) is 0 Å². The molecule has 2 aromatic rings. The van der Waals surface area contributed by atoms with Crippen molar-refractivity contribution in [1.82, 2.24) is 15.5 Å². The summed E-state index contributed by atoms with van der Waals surface area (Å²) < 4.78 is 10.3. The van der Waals surface area contributed by atoms with Gasteiger partial charge in [0.1, 0.15) is 0 Å². The van der Waals surface area contributed by atoms with Crippen molar-refractivity contribution in [2.75, 3.05) is 6.61 Å². The number of carbonyl (C=O) groups excluding carboxylic acids is 1. The van der Waals surface area contributed by atoms with Crippen LogP contribution in [0.15, 0.2) is 28.7 Å². The zero-order valence-electron chi connectivity index (χ0n) is 9.80. The first-order chi connectivity index (χ1) is 9.22. The van der Waals surface area contributed by atoms with Crippen LogP contribution in [-0.2, 0) is 16.1 Å². The molecule has 1 aromatic heterocycles. The van der Waals surface area contributed by atoms with Crippen LogP contribution in [0.2, 0.25) is 5.02 Å². The smallest absolute Gasteiger partial charge is 0.251 e. The lowest BCUT2D eigenvalue weighted by atomic mass is 10.2. The number of nitrogens with zero attached hydrogens (tertiary/aromatic N) is 2. The molecule has 1 saturated heterocycles. The Bertz CT molecular complexity index is 593. The van der Waals surface area contributed by atoms with Crippen LogP contribution in [0.4, 0.5) is 0 Å². The van der Waals surface area contributed by atoms with Gasteiger partial charge in [-0.15, -0.1) is 10.2 Å². The molecule has 1 N–H and O–H groups in total. The zero-order valence-corrected chi connectivity index (χ0v) is 10.6. The summed E-state index contributed by atoms with van der Waals surface area (Å²) in [7, 11) is 0. The molecule has 1 aromatic carbocycles. The Hall–Kier alpha value is -1.92. The summed E-state index contributed by atoms with van der Waals surface area (Å²) in [6, 6.07) is 7.06. The van der Waals surface area contributed by atoms with Crippen LogP contribution in [0, 0.1) is 0 Å². The Balaban J connectivity index is 1.65. The summed E-state index contributed by atoms with van der Waals surface area (Å²) in [6.07, 6.45) is -0.321. The summed E-state index contributed by atoms with van der Waals surface area (Å²) in [5.41, 5.74) is 0.778. The van der Waals surface area contributed by atoms with Crippen LogP contribution >= 0.6 is 11.6 Å². The number of rotatable bonds is 4. The van der Waals surface area contributed by atoms with Gasteiger partial charge >= 0.3 is 0 Å². The molecule has 7 heteroatoms. The lowest BCUT2D eigenvalue weighted by Gasteiger charge is -1.98. The van der Waals surface area contributed by atoms with Crippen molar-refractivity contribution >= 4 is 17.5 Å². The Kier molecular flexibility index (Phi) is 3.18. The molecule has 1 aliphatic heterocycles. The van der Waals surface area contributed by atoms with Crippen molar-refractivity contribution in [3.63, 3.8) is 0 Å². The number of ether oxygens (including phenoxy) is 1. The van der Waals surface area contributed by atoms with E-state index in [9.17, 15) is 4.79 Å². The molecule has 1 unspecified atom stereocenters. The van der Waals surface area contributed by atoms with Crippen LogP contribution in [0.1, 0.15) is 5.89 Å². The molecule has 0 aliphatic carbocycles. The number of amides is 1. The van der Waals surface area contributed by atoms with Gasteiger partial charge in [-0.25, -0.2) is 0 Å². The first-order valence-electron chi connectivity index (χ1n) is 5.70. The summed E-state index contributed by atoms with van der Waals surface area (Å²) in [6.45, 7) is 0.672. The average Bonchev–Trinajstić information content (AvgIpc) is 3.16. The standard InChI is InChI=1S/C12H10ClN3O3/c13-8-3-1-7(2-4-8)12-16-15-10(19-12)5-14-11(17)9-6-18-9/h1-4,9H,5-6H2,(H,14,17). The lowest BCUT2D eigenvalue weighted by molar-refractivity contribution is -0.122. The van der Waals surface area contributed by atoms with E-state index in [0.717, 1.165) is 5.56 Å². The quantitative estimate of drug-likeness (QED) is 0.856. The monoisotopic (exact) mass is 279 g/mol. The molecule has 98 valence electrons. The molecule has 2 heterocycles. The van der Waals surface area contributed by atoms with E-state index in [0.29, 0.717) is 23.4 Å². The normalized spacial score (nSPS) is 17.2. The molecule has 0 radical (unpaired) electrons. The van der Waals surface area contributed by atoms with Crippen molar-refractivity contribution in [2.45, 2.75) is 12.6 Å². The molecular weight excluding hydrogens is 270 g/mol. The van der Waals surface area contributed by atoms with Gasteiger partial charge in [0.15, 0.2) is 6.10 Å². The molecule has 3 rings (SSSR count). The minimum Gasteiger partial charge on any atom is -0.419 e. The van der Waals surface area contributed by atoms with Gasteiger partial charge in [-0.1, -0.05) is 11.6 Å². The number of aromatic nitrogens is 2. The third-order valence-corrected chi connectivity index (χ3v) is 2.85. The van der Waals surface area contributed by atoms with E-state index in [1.807, 2.05) is 0 Å². The highest BCUT2D eigenvalue weighted by molar-refractivity contribution is 6.30. The van der Waals surface area contributed by atoms with Crippen LogP contribution in [-0.4, -0.2) is 28.8 Å². The van der Waals surface area contributed by atoms with Crippen molar-refractivity contribution in [2.24, 2.45) is 0 Å². The molecule has 1 amide bonds. The van der Waals surface area contributed by atoms with Gasteiger partial charge in [-0.2, -0.15) is 0 Å². The average molecular weight is 280 g/mol. The third kappa shape index (κ3) is 2.91. The Labute approximate surface area is 113 Å². The second kappa shape index (κ2) is 4.99. The number of halogens is 1. The Morgan fingerprint density at radius 1 is 1.37 bits per heavy atom. The molecular formula is C12H10ClN3O3. The highest BCUT2D eigenvalue weighted by Gasteiger charge is 2.31. The highest BCUT2D eigenvalue weighted by Crippen LogP contribution is 2.20. The van der Waals surface area contributed by atoms with Crippen molar-refractivity contribution in [3.05, 3.63) is 35.2 Å². The predicted molar refractivity (Wildman–Crippen MR) is 66.3 cm³/mol. The molecule has 0 bridgehead atoms. The molecule has 1 atom stereocenters. The van der Waals surface area contributed by atoms with Gasteiger partial charge in [-0.05, 0) is 24.3 Å². The fourth-order valence-corrected chi connectivity index (χ4v) is 1.64. The number of benzene rings is 1. The van der Waals surface area contributed by atoms with E-state index in [4.69, 9.17) is 20.8 Å². The first-order valence-corrected chi connectivity index (χ1v) is 6.08. The van der Waals surface area contributed by atoms with Gasteiger partial charge < -0.3 is 14.5 Å². The minimum absolute atomic E-state index is 0.161. The summed E-state index contributed by atoms with van der Waals surface area (Å²) >= 11 is 5.80. The summed E-state index contributed by atoms with van der Waals surface area (Å²) in [5, 5.41) is 11.1. The SMILES string of the molecule is O=C(NCc1nnc(-c2ccc(Cl)cc2)o1)C1CO1. The number of hydrogen-bond acceptors (Lipinski definition) is 5. The van der Waals surface area contributed by atoms with Crippen LogP contribution in [0.25, 0.3) is 11.5 Å². The second-order valence-corrected chi connectivity index (χ2v) is 4.48. The number of epoxide rings is 1. The maximum absolute atomic E-state index is 11.4. The molecule has 6 nitrogen and oxygen atoms in total. The molecule has 1 aliphatic rings. The molecule has 0 spiro atoms. The van der Waals surface area contributed by atoms with E-state index >= 15 is 0 Å². The molecule has 19 heavy (non-hydrogen) atoms. The van der Waals surface area contributed by atoms with Crippen molar-refractivity contribution in [3.8, 4) is 11.5 Å². The van der Waals surface area contributed by atoms with E-state index < -0.39 is 0 Å². The second-order valence-electron chi connectivity index (χ2n) is 4.05. The lowest BCUT2D eigenvalue weighted by Crippen LogP contribution is -2.27. The van der Waals surface area contributed by atoms with Gasteiger partial charge in [0, 0.05) is 10.6 Å². The topological polar surface area (TPSA) is 80.6 Å². The number of carbonyl (C=O) groups is 1. The summed E-state index contributed by atoms with van der Waals surface area (Å²) in [5.74, 6) is 0.578. The van der Waals surface area contributed by atoms with Gasteiger partial charge in [0.05, 0.1) is 13.2 Å². The van der Waals surface area contributed by atoms with Crippen LogP contribution < -0.4 is 5.32 Å². The van der Waals surface area contributed by atoms with Gasteiger partial charge in [0.2, 0.25) is 11.8 Å². The van der Waals surface area contributed by atoms with Gasteiger partial charge in [-0.3, -0.25) is 4.79 Å². The zero-order chi connectivity index (χ0) is 13.2.